The minimum Gasteiger partial charge on any atom is -0.460 e. The highest BCUT2D eigenvalue weighted by Gasteiger charge is 2.18. The number of hydrogen-bond acceptors (Lipinski definition) is 8. The molecule has 0 unspecified atom stereocenters. The van der Waals surface area contributed by atoms with E-state index in [1.54, 1.807) is 13.8 Å². The number of hydrogen-bond donors (Lipinski definition) is 0. The van der Waals surface area contributed by atoms with Crippen molar-refractivity contribution in [2.24, 2.45) is 0 Å². The molecule has 0 aliphatic rings. The van der Waals surface area contributed by atoms with E-state index in [4.69, 9.17) is 28.4 Å². The molecule has 8 heteroatoms. The summed E-state index contributed by atoms with van der Waals surface area (Å²) < 4.78 is 31.1. The van der Waals surface area contributed by atoms with Gasteiger partial charge in [0.05, 0.1) is 6.42 Å². The van der Waals surface area contributed by atoms with Gasteiger partial charge in [-0.3, -0.25) is 4.79 Å². The summed E-state index contributed by atoms with van der Waals surface area (Å²) in [7, 11) is 0. The van der Waals surface area contributed by atoms with Gasteiger partial charge in [0, 0.05) is 32.0 Å². The van der Waals surface area contributed by atoms with Crippen LogP contribution in [0.15, 0.2) is 12.2 Å². The molecule has 0 aliphatic carbocycles. The zero-order valence-corrected chi connectivity index (χ0v) is 15.6. The summed E-state index contributed by atoms with van der Waals surface area (Å²) in [5.74, 6) is -1.31. The van der Waals surface area contributed by atoms with Gasteiger partial charge < -0.3 is 28.4 Å². The van der Waals surface area contributed by atoms with Crippen LogP contribution < -0.4 is 0 Å². The van der Waals surface area contributed by atoms with Crippen molar-refractivity contribution in [2.45, 2.75) is 46.7 Å². The third-order valence-corrected chi connectivity index (χ3v) is 2.79. The maximum atomic E-state index is 11.8. The van der Waals surface area contributed by atoms with Crippen LogP contribution in [0, 0.1) is 0 Å². The molecule has 0 fully saturated rings. The molecule has 0 aromatic rings. The maximum Gasteiger partial charge on any atom is 0.334 e. The van der Waals surface area contributed by atoms with Gasteiger partial charge in [-0.05, 0) is 27.7 Å². The lowest BCUT2D eigenvalue weighted by atomic mass is 10.2. The Balaban J connectivity index is 4.19. The average molecular weight is 362 g/mol. The highest BCUT2D eigenvalue weighted by Crippen LogP contribution is 2.06. The monoisotopic (exact) mass is 362 g/mol. The van der Waals surface area contributed by atoms with Gasteiger partial charge >= 0.3 is 11.9 Å². The molecular formula is C17H30O8. The molecule has 0 aromatic carbocycles. The normalized spacial score (nSPS) is 11.0. The molecule has 0 saturated heterocycles. The van der Waals surface area contributed by atoms with Crippen molar-refractivity contribution in [1.29, 1.82) is 0 Å². The third kappa shape index (κ3) is 11.7. The number of carbonyl (C=O) groups is 2. The first-order chi connectivity index (χ1) is 12.0. The second kappa shape index (κ2) is 14.8. The number of carbonyl (C=O) groups excluding carboxylic acids is 2. The SMILES string of the molecule is C=C(CC(=O)OCC(OCC)OCC)C(=O)OCC(OCC)OCC. The molecule has 0 rings (SSSR count). The maximum absolute atomic E-state index is 11.8. The lowest BCUT2D eigenvalue weighted by Crippen LogP contribution is -2.27. The summed E-state index contributed by atoms with van der Waals surface area (Å²) in [6, 6.07) is 0. The molecule has 0 amide bonds. The second-order valence-corrected chi connectivity index (χ2v) is 4.74. The highest BCUT2D eigenvalue weighted by molar-refractivity contribution is 5.93. The van der Waals surface area contributed by atoms with Crippen molar-refractivity contribution in [1.82, 2.24) is 0 Å². The van der Waals surface area contributed by atoms with Crippen molar-refractivity contribution in [3.05, 3.63) is 12.2 Å². The molecular weight excluding hydrogens is 332 g/mol. The van der Waals surface area contributed by atoms with Gasteiger partial charge in [-0.25, -0.2) is 4.79 Å². The van der Waals surface area contributed by atoms with Gasteiger partial charge in [-0.2, -0.15) is 0 Å². The van der Waals surface area contributed by atoms with Crippen LogP contribution in [0.5, 0.6) is 0 Å². The molecule has 0 heterocycles. The minimum atomic E-state index is -0.701. The summed E-state index contributed by atoms with van der Waals surface area (Å²) in [6.45, 7) is 12.4. The first-order valence-corrected chi connectivity index (χ1v) is 8.45. The molecule has 0 N–H and O–H groups in total. The third-order valence-electron chi connectivity index (χ3n) is 2.79. The van der Waals surface area contributed by atoms with Crippen molar-refractivity contribution < 1.29 is 38.0 Å². The summed E-state index contributed by atoms with van der Waals surface area (Å²) in [4.78, 5) is 23.6. The smallest absolute Gasteiger partial charge is 0.334 e. The van der Waals surface area contributed by atoms with E-state index in [0.29, 0.717) is 26.4 Å². The molecule has 0 bridgehead atoms. The van der Waals surface area contributed by atoms with E-state index >= 15 is 0 Å². The fourth-order valence-electron chi connectivity index (χ4n) is 1.74. The van der Waals surface area contributed by atoms with Gasteiger partial charge in [0.25, 0.3) is 0 Å². The lowest BCUT2D eigenvalue weighted by molar-refractivity contribution is -0.180. The quantitative estimate of drug-likeness (QED) is 0.248. The van der Waals surface area contributed by atoms with E-state index in [1.165, 1.54) is 0 Å². The van der Waals surface area contributed by atoms with Crippen LogP contribution in [0.1, 0.15) is 34.1 Å². The summed E-state index contributed by atoms with van der Waals surface area (Å²) in [6.07, 6.45) is -1.55. The van der Waals surface area contributed by atoms with E-state index in [1.807, 2.05) is 13.8 Å². The van der Waals surface area contributed by atoms with Crippen LogP contribution in [-0.4, -0.2) is 64.2 Å². The summed E-state index contributed by atoms with van der Waals surface area (Å²) >= 11 is 0. The van der Waals surface area contributed by atoms with Crippen LogP contribution in [0.4, 0.5) is 0 Å². The van der Waals surface area contributed by atoms with Crippen molar-refractivity contribution in [3.63, 3.8) is 0 Å². The molecule has 0 saturated carbocycles. The van der Waals surface area contributed by atoms with Crippen LogP contribution in [-0.2, 0) is 38.0 Å². The standard InChI is InChI=1S/C17H30O8/c1-6-20-15(21-7-2)11-24-14(18)10-13(5)17(19)25-12-16(22-8-3)23-9-4/h15-16H,5-12H2,1-4H3. The molecule has 146 valence electrons. The predicted molar refractivity (Wildman–Crippen MR) is 89.8 cm³/mol. The van der Waals surface area contributed by atoms with Gasteiger partial charge in [0.15, 0.2) is 12.6 Å². The van der Waals surface area contributed by atoms with E-state index in [2.05, 4.69) is 6.58 Å². The molecule has 8 nitrogen and oxygen atoms in total. The van der Waals surface area contributed by atoms with Crippen molar-refractivity contribution in [2.75, 3.05) is 39.6 Å². The van der Waals surface area contributed by atoms with E-state index in [-0.39, 0.29) is 25.2 Å². The molecule has 0 spiro atoms. The molecule has 0 radical (unpaired) electrons. The predicted octanol–water partition coefficient (Wildman–Crippen LogP) is 1.82. The Morgan fingerprint density at radius 2 is 1.16 bits per heavy atom. The highest BCUT2D eigenvalue weighted by atomic mass is 16.7. The first kappa shape index (κ1) is 23.5. The van der Waals surface area contributed by atoms with E-state index in [9.17, 15) is 9.59 Å². The number of ether oxygens (including phenoxy) is 6. The fourth-order valence-corrected chi connectivity index (χ4v) is 1.74. The lowest BCUT2D eigenvalue weighted by Gasteiger charge is -2.18. The average Bonchev–Trinajstić information content (AvgIpc) is 2.58. The fraction of sp³-hybridized carbons (Fsp3) is 0.765. The Hall–Kier alpha value is -1.48. The van der Waals surface area contributed by atoms with Crippen LogP contribution in [0.3, 0.4) is 0 Å². The first-order valence-electron chi connectivity index (χ1n) is 8.45. The largest absolute Gasteiger partial charge is 0.460 e. The molecule has 0 atom stereocenters. The Kier molecular flexibility index (Phi) is 14.0. The van der Waals surface area contributed by atoms with Crippen LogP contribution in [0.25, 0.3) is 0 Å². The number of rotatable bonds is 15. The minimum absolute atomic E-state index is 0.0129. The van der Waals surface area contributed by atoms with Gasteiger partial charge in [0.1, 0.15) is 13.2 Å². The Morgan fingerprint density at radius 1 is 0.760 bits per heavy atom. The van der Waals surface area contributed by atoms with Gasteiger partial charge in [-0.1, -0.05) is 6.58 Å². The van der Waals surface area contributed by atoms with Crippen LogP contribution in [0.2, 0.25) is 0 Å². The summed E-state index contributed by atoms with van der Waals surface area (Å²) in [5, 5.41) is 0. The van der Waals surface area contributed by atoms with Crippen molar-refractivity contribution >= 4 is 11.9 Å². The Bertz CT molecular complexity index is 384. The van der Waals surface area contributed by atoms with Crippen LogP contribution >= 0.6 is 0 Å². The van der Waals surface area contributed by atoms with Crippen molar-refractivity contribution in [3.8, 4) is 0 Å². The van der Waals surface area contributed by atoms with E-state index < -0.39 is 24.5 Å². The Morgan fingerprint density at radius 3 is 1.56 bits per heavy atom. The Labute approximate surface area is 149 Å². The zero-order chi connectivity index (χ0) is 19.1. The van der Waals surface area contributed by atoms with Gasteiger partial charge in [-0.15, -0.1) is 0 Å². The second-order valence-electron chi connectivity index (χ2n) is 4.74. The van der Waals surface area contributed by atoms with Gasteiger partial charge in [0.2, 0.25) is 0 Å². The molecule has 25 heavy (non-hydrogen) atoms. The zero-order valence-electron chi connectivity index (χ0n) is 15.6. The summed E-state index contributed by atoms with van der Waals surface area (Å²) in [5.41, 5.74) is -0.0129. The van der Waals surface area contributed by atoms with E-state index in [0.717, 1.165) is 0 Å². The number of esters is 2. The molecule has 0 aliphatic heterocycles. The molecule has 0 aromatic heterocycles. The topological polar surface area (TPSA) is 89.5 Å².